The maximum atomic E-state index is 10.7. The molecule has 0 fully saturated rings. The van der Waals surface area contributed by atoms with Crippen molar-refractivity contribution in [2.24, 2.45) is 10.2 Å². The van der Waals surface area contributed by atoms with Crippen LogP contribution in [0.25, 0.3) is 0 Å². The Hall–Kier alpha value is -1.56. The molecular formula is C13H17N5O3S3. The summed E-state index contributed by atoms with van der Waals surface area (Å²) in [5, 5.41) is 19.2. The Kier molecular flexibility index (Phi) is 7.09. The molecule has 0 bridgehead atoms. The van der Waals surface area contributed by atoms with E-state index in [0.29, 0.717) is 16.5 Å². The Balaban J connectivity index is 1.90. The molecule has 2 aromatic rings. The van der Waals surface area contributed by atoms with E-state index in [1.54, 1.807) is 36.0 Å². The predicted octanol–water partition coefficient (Wildman–Crippen LogP) is 4.10. The Labute approximate surface area is 148 Å². The van der Waals surface area contributed by atoms with Crippen LogP contribution >= 0.6 is 23.1 Å². The Morgan fingerprint density at radius 1 is 1.25 bits per heavy atom. The lowest BCUT2D eigenvalue weighted by atomic mass is 10.3. The van der Waals surface area contributed by atoms with Gasteiger partial charge >= 0.3 is 0 Å². The lowest BCUT2D eigenvalue weighted by Crippen LogP contribution is -2.12. The van der Waals surface area contributed by atoms with Crippen LogP contribution in [0.2, 0.25) is 0 Å². The van der Waals surface area contributed by atoms with Gasteiger partial charge in [0.2, 0.25) is 0 Å². The van der Waals surface area contributed by atoms with Gasteiger partial charge in [-0.05, 0) is 30.7 Å². The van der Waals surface area contributed by atoms with Crippen molar-refractivity contribution in [1.82, 2.24) is 10.2 Å². The van der Waals surface area contributed by atoms with Gasteiger partial charge in [0.05, 0.1) is 5.69 Å². The van der Waals surface area contributed by atoms with E-state index >= 15 is 0 Å². The number of thioether (sulfide) groups is 1. The molecule has 0 aliphatic rings. The molecule has 11 heteroatoms. The molecule has 0 spiro atoms. The van der Waals surface area contributed by atoms with E-state index in [1.807, 2.05) is 0 Å². The van der Waals surface area contributed by atoms with Gasteiger partial charge in [-0.25, -0.2) is 0 Å². The second-order valence-corrected chi connectivity index (χ2v) is 8.45. The van der Waals surface area contributed by atoms with Crippen LogP contribution in [-0.4, -0.2) is 34.8 Å². The van der Waals surface area contributed by atoms with Gasteiger partial charge in [0.1, 0.15) is 5.88 Å². The fourth-order valence-electron chi connectivity index (χ4n) is 1.53. The van der Waals surface area contributed by atoms with Gasteiger partial charge in [-0.3, -0.25) is 4.55 Å². The van der Waals surface area contributed by atoms with Crippen molar-refractivity contribution < 1.29 is 13.0 Å². The Morgan fingerprint density at radius 2 is 2.00 bits per heavy atom. The summed E-state index contributed by atoms with van der Waals surface area (Å²) in [6, 6.07) is 6.64. The van der Waals surface area contributed by atoms with Crippen LogP contribution < -0.4 is 5.32 Å². The van der Waals surface area contributed by atoms with Crippen molar-refractivity contribution in [1.29, 1.82) is 0 Å². The van der Waals surface area contributed by atoms with E-state index in [-0.39, 0.29) is 0 Å². The van der Waals surface area contributed by atoms with Crippen molar-refractivity contribution in [3.63, 3.8) is 0 Å². The first-order valence-electron chi connectivity index (χ1n) is 7.13. The van der Waals surface area contributed by atoms with Crippen LogP contribution in [0.1, 0.15) is 19.8 Å². The van der Waals surface area contributed by atoms with Crippen LogP contribution in [-0.2, 0) is 10.1 Å². The number of anilines is 1. The molecule has 0 aliphatic heterocycles. The monoisotopic (exact) mass is 387 g/mol. The highest BCUT2D eigenvalue weighted by molar-refractivity contribution is 8.01. The summed E-state index contributed by atoms with van der Waals surface area (Å²) in [6.07, 6.45) is 2.28. The molecule has 1 aromatic carbocycles. The van der Waals surface area contributed by atoms with Gasteiger partial charge in [0.15, 0.2) is 4.34 Å². The van der Waals surface area contributed by atoms with E-state index in [4.69, 9.17) is 4.55 Å². The maximum Gasteiger partial charge on any atom is 0.283 e. The fraction of sp³-hybridized carbons (Fsp3) is 0.385. The molecule has 2 rings (SSSR count). The molecule has 0 amide bonds. The first-order chi connectivity index (χ1) is 11.5. The number of nitrogens with zero attached hydrogens (tertiary/aromatic N) is 4. The number of hydrogen-bond donors (Lipinski definition) is 2. The topological polar surface area (TPSA) is 117 Å². The molecule has 0 saturated carbocycles. The third-order valence-corrected chi connectivity index (χ3v) is 5.23. The van der Waals surface area contributed by atoms with Crippen molar-refractivity contribution in [3.05, 3.63) is 24.3 Å². The molecule has 0 unspecified atom stereocenters. The van der Waals surface area contributed by atoms with Crippen LogP contribution in [0.15, 0.2) is 38.8 Å². The average Bonchev–Trinajstić information content (AvgIpc) is 2.99. The number of hydrogen-bond acceptors (Lipinski definition) is 9. The first-order valence-corrected chi connectivity index (χ1v) is 10.5. The molecule has 1 heterocycles. The molecule has 0 radical (unpaired) electrons. The zero-order valence-corrected chi connectivity index (χ0v) is 15.4. The third-order valence-electron chi connectivity index (χ3n) is 2.70. The Morgan fingerprint density at radius 3 is 2.67 bits per heavy atom. The number of azo groups is 1. The molecule has 0 saturated heterocycles. The second kappa shape index (κ2) is 9.06. The number of rotatable bonds is 9. The minimum Gasteiger partial charge on any atom is -0.370 e. The van der Waals surface area contributed by atoms with Gasteiger partial charge in [0, 0.05) is 11.4 Å². The summed E-state index contributed by atoms with van der Waals surface area (Å²) in [6.45, 7) is 2.14. The molecule has 2 N–H and O–H groups in total. The van der Waals surface area contributed by atoms with E-state index in [9.17, 15) is 8.42 Å². The highest BCUT2D eigenvalue weighted by Gasteiger charge is 2.04. The van der Waals surface area contributed by atoms with Gasteiger partial charge in [0.25, 0.3) is 15.2 Å². The van der Waals surface area contributed by atoms with Gasteiger partial charge < -0.3 is 5.32 Å². The summed E-state index contributed by atoms with van der Waals surface area (Å²) < 4.78 is 30.9. The molecular weight excluding hydrogens is 370 g/mol. The van der Waals surface area contributed by atoms with Gasteiger partial charge in [-0.1, -0.05) is 36.4 Å². The highest BCUT2D eigenvalue weighted by Crippen LogP contribution is 2.29. The summed E-state index contributed by atoms with van der Waals surface area (Å²) in [5.74, 6) is 0.470. The predicted molar refractivity (Wildman–Crippen MR) is 96.2 cm³/mol. The summed E-state index contributed by atoms with van der Waals surface area (Å²) in [4.78, 5) is 0. The molecule has 1 aromatic heterocycles. The standard InChI is InChI=1S/C13H17N5O3S3/c1-2-3-8-22-13-18-17-12(23-13)16-15-11-6-4-10(5-7-11)14-9-24(19,20)21/h4-7,14H,2-3,8-9H2,1H3,(H,19,20,21). The molecule has 8 nitrogen and oxygen atoms in total. The normalized spacial score (nSPS) is 11.9. The lowest BCUT2D eigenvalue weighted by molar-refractivity contribution is 0.485. The molecule has 130 valence electrons. The number of benzene rings is 1. The summed E-state index contributed by atoms with van der Waals surface area (Å²) >= 11 is 3.05. The first kappa shape index (κ1) is 18.8. The lowest BCUT2D eigenvalue weighted by Gasteiger charge is -2.03. The highest BCUT2D eigenvalue weighted by atomic mass is 32.2. The molecule has 0 aliphatic carbocycles. The molecule has 24 heavy (non-hydrogen) atoms. The van der Waals surface area contributed by atoms with Crippen LogP contribution in [0.3, 0.4) is 0 Å². The van der Waals surface area contributed by atoms with Crippen molar-refractivity contribution in [2.45, 2.75) is 24.1 Å². The van der Waals surface area contributed by atoms with E-state index in [0.717, 1.165) is 22.9 Å². The van der Waals surface area contributed by atoms with Crippen molar-refractivity contribution >= 4 is 49.7 Å². The van der Waals surface area contributed by atoms with E-state index in [2.05, 4.69) is 32.7 Å². The molecule has 0 atom stereocenters. The SMILES string of the molecule is CCCCSc1nnc(N=Nc2ccc(NCS(=O)(=O)O)cc2)s1. The minimum atomic E-state index is -4.05. The quantitative estimate of drug-likeness (QED) is 0.288. The van der Waals surface area contributed by atoms with Crippen molar-refractivity contribution in [3.8, 4) is 0 Å². The fourth-order valence-corrected chi connectivity index (χ4v) is 3.69. The second-order valence-electron chi connectivity index (χ2n) is 4.70. The van der Waals surface area contributed by atoms with Gasteiger partial charge in [-0.15, -0.1) is 20.4 Å². The number of nitrogens with one attached hydrogen (secondary N) is 1. The van der Waals surface area contributed by atoms with Gasteiger partial charge in [-0.2, -0.15) is 8.42 Å². The zero-order valence-electron chi connectivity index (χ0n) is 12.9. The van der Waals surface area contributed by atoms with Crippen LogP contribution in [0.5, 0.6) is 0 Å². The van der Waals surface area contributed by atoms with Crippen LogP contribution in [0.4, 0.5) is 16.5 Å². The minimum absolute atomic E-state index is 0.488. The largest absolute Gasteiger partial charge is 0.370 e. The van der Waals surface area contributed by atoms with E-state index in [1.165, 1.54) is 11.3 Å². The number of unbranched alkanes of at least 4 members (excludes halogenated alkanes) is 1. The average molecular weight is 388 g/mol. The third kappa shape index (κ3) is 6.91. The summed E-state index contributed by atoms with van der Waals surface area (Å²) in [7, 11) is -4.05. The van der Waals surface area contributed by atoms with E-state index < -0.39 is 16.0 Å². The van der Waals surface area contributed by atoms with Crippen LogP contribution in [0, 0.1) is 0 Å². The zero-order chi connectivity index (χ0) is 17.4. The van der Waals surface area contributed by atoms with Crippen molar-refractivity contribution in [2.75, 3.05) is 16.9 Å². The smallest absolute Gasteiger partial charge is 0.283 e. The Bertz CT molecular complexity index is 774. The summed E-state index contributed by atoms with van der Waals surface area (Å²) in [5.41, 5.74) is 1.15. The maximum absolute atomic E-state index is 10.7. The number of aromatic nitrogens is 2.